The van der Waals surface area contributed by atoms with Gasteiger partial charge in [0.1, 0.15) is 38.1 Å². The van der Waals surface area contributed by atoms with Crippen LogP contribution >= 0.6 is 15.9 Å². The molecule has 12 nitrogen and oxygen atoms in total. The minimum Gasteiger partial charge on any atom is -0.510 e. The molecule has 4 aromatic heterocycles. The van der Waals surface area contributed by atoms with Crippen molar-refractivity contribution in [1.82, 2.24) is 0 Å². The van der Waals surface area contributed by atoms with Gasteiger partial charge in [0.05, 0.1) is 11.1 Å². The van der Waals surface area contributed by atoms with E-state index in [1.165, 1.54) is 36.4 Å². The Balaban J connectivity index is 0.000000143. The maximum atomic E-state index is 12.3. The Morgan fingerprint density at radius 3 is 1.71 bits per heavy atom. The van der Waals surface area contributed by atoms with Crippen LogP contribution in [-0.4, -0.2) is 34.9 Å². The summed E-state index contributed by atoms with van der Waals surface area (Å²) in [6.07, 6.45) is 0. The highest BCUT2D eigenvalue weighted by Gasteiger charge is 2.15. The van der Waals surface area contributed by atoms with Gasteiger partial charge in [0.2, 0.25) is 0 Å². The van der Waals surface area contributed by atoms with Gasteiger partial charge in [-0.05, 0) is 108 Å². The number of aryl methyl sites for hydroxylation is 2. The minimum atomic E-state index is -1.01. The monoisotopic (exact) mass is 763 g/mol. The molecule has 0 amide bonds. The predicted octanol–water partition coefficient (Wildman–Crippen LogP) is 8.11. The molecule has 0 aliphatic carbocycles. The molecule has 3 N–H and O–H groups in total. The topological polar surface area (TPSA) is 191 Å². The molecule has 8 aromatic rings. The van der Waals surface area contributed by atoms with E-state index in [4.69, 9.17) is 32.9 Å². The minimum absolute atomic E-state index is 0.107. The van der Waals surface area contributed by atoms with Gasteiger partial charge in [-0.2, -0.15) is 0 Å². The summed E-state index contributed by atoms with van der Waals surface area (Å²) in [6.45, 7) is 3.88. The molecule has 0 fully saturated rings. The Kier molecular flexibility index (Phi) is 10.1. The summed E-state index contributed by atoms with van der Waals surface area (Å²) in [4.78, 5) is 45.1. The van der Waals surface area contributed by atoms with Gasteiger partial charge >= 0.3 is 30.9 Å². The van der Waals surface area contributed by atoms with Crippen molar-refractivity contribution in [3.8, 4) is 17.3 Å². The lowest BCUT2D eigenvalue weighted by Gasteiger charge is -2.00. The Morgan fingerprint density at radius 2 is 1.13 bits per heavy atom. The molecule has 0 spiro atoms. The summed E-state index contributed by atoms with van der Waals surface area (Å²) < 4.78 is 26.3. The van der Waals surface area contributed by atoms with Crippen molar-refractivity contribution in [1.29, 1.82) is 0 Å². The first-order valence-electron chi connectivity index (χ1n) is 15.3. The molecule has 4 aromatic carbocycles. The normalized spacial score (nSPS) is 10.8. The highest BCUT2D eigenvalue weighted by atomic mass is 79.9. The van der Waals surface area contributed by atoms with Gasteiger partial charge in [0, 0.05) is 27.6 Å². The number of benzene rings is 4. The first kappa shape index (κ1) is 35.5. The summed E-state index contributed by atoms with van der Waals surface area (Å²) >= 11 is 3.13. The number of rotatable bonds is 5. The molecule has 0 unspecified atom stereocenters. The van der Waals surface area contributed by atoms with E-state index in [0.717, 1.165) is 21.9 Å². The Hall–Kier alpha value is -6.38. The van der Waals surface area contributed by atoms with Gasteiger partial charge in [0.15, 0.2) is 0 Å². The lowest BCUT2D eigenvalue weighted by atomic mass is 10.1. The van der Waals surface area contributed by atoms with Gasteiger partial charge < -0.3 is 37.6 Å². The second-order valence-electron chi connectivity index (χ2n) is 11.4. The van der Waals surface area contributed by atoms with Gasteiger partial charge in [-0.1, -0.05) is 24.3 Å². The van der Waals surface area contributed by atoms with E-state index in [1.54, 1.807) is 30.3 Å². The molecule has 0 saturated carbocycles. The number of aromatic carboxylic acids is 2. The van der Waals surface area contributed by atoms with E-state index in [1.807, 2.05) is 44.2 Å². The highest BCUT2D eigenvalue weighted by Crippen LogP contribution is 2.29. The molecule has 0 atom stereocenters. The van der Waals surface area contributed by atoms with E-state index in [0.29, 0.717) is 56.6 Å². The third-order valence-electron chi connectivity index (χ3n) is 7.68. The van der Waals surface area contributed by atoms with Crippen molar-refractivity contribution in [2.24, 2.45) is 0 Å². The Morgan fingerprint density at radius 1 is 0.596 bits per heavy atom. The maximum absolute atomic E-state index is 12.3. The molecular formula is C38H25BBrO12. The van der Waals surface area contributed by atoms with Crippen LogP contribution in [0.15, 0.2) is 129 Å². The predicted molar refractivity (Wildman–Crippen MR) is 196 cm³/mol. The Labute approximate surface area is 301 Å². The number of furan rings is 2. The summed E-state index contributed by atoms with van der Waals surface area (Å²) in [6, 6.07) is 27.0. The number of hydrogen-bond donors (Lipinski definition) is 3. The summed E-state index contributed by atoms with van der Waals surface area (Å²) in [5.74, 6) is -1.56. The molecule has 0 bridgehead atoms. The van der Waals surface area contributed by atoms with Crippen LogP contribution < -0.4 is 15.9 Å². The van der Waals surface area contributed by atoms with Gasteiger partial charge in [-0.25, -0.2) is 19.2 Å². The summed E-state index contributed by atoms with van der Waals surface area (Å²) in [5, 5.41) is 29.1. The van der Waals surface area contributed by atoms with Gasteiger partial charge in [-0.15, -0.1) is 0 Å². The van der Waals surface area contributed by atoms with E-state index in [2.05, 4.69) is 20.6 Å². The average Bonchev–Trinajstić information content (AvgIpc) is 3.72. The molecule has 14 heteroatoms. The molecule has 259 valence electrons. The molecule has 8 rings (SSSR count). The number of hydrogen-bond acceptors (Lipinski definition) is 10. The second kappa shape index (κ2) is 14.8. The number of halogens is 1. The molecule has 4 heterocycles. The lowest BCUT2D eigenvalue weighted by molar-refractivity contribution is 0.0686. The van der Waals surface area contributed by atoms with Crippen molar-refractivity contribution >= 4 is 79.4 Å². The van der Waals surface area contributed by atoms with Crippen molar-refractivity contribution < 1.29 is 47.1 Å². The molecule has 0 aliphatic heterocycles. The zero-order valence-electron chi connectivity index (χ0n) is 27.2. The second-order valence-corrected chi connectivity index (χ2v) is 12.3. The van der Waals surface area contributed by atoms with Crippen LogP contribution in [-0.2, 0) is 0 Å². The van der Waals surface area contributed by atoms with Crippen LogP contribution in [0.4, 0.5) is 0 Å². The largest absolute Gasteiger partial charge is 0.571 e. The van der Waals surface area contributed by atoms with Crippen LogP contribution in [0.1, 0.15) is 31.8 Å². The third-order valence-corrected chi connectivity index (χ3v) is 8.23. The lowest BCUT2D eigenvalue weighted by Crippen LogP contribution is -2.01. The smallest absolute Gasteiger partial charge is 0.510 e. The number of fused-ring (bicyclic) bond motifs is 4. The maximum Gasteiger partial charge on any atom is 0.571 e. The average molecular weight is 764 g/mol. The number of carboxylic acid groups (broad SMARTS) is 2. The Bertz CT molecular complexity index is 2760. The third kappa shape index (κ3) is 7.83. The first-order valence-corrected chi connectivity index (χ1v) is 16.1. The van der Waals surface area contributed by atoms with Crippen LogP contribution in [0.25, 0.3) is 55.2 Å². The van der Waals surface area contributed by atoms with Gasteiger partial charge in [-0.3, -0.25) is 0 Å². The zero-order chi connectivity index (χ0) is 37.1. The van der Waals surface area contributed by atoms with Crippen LogP contribution in [0, 0.1) is 13.8 Å². The van der Waals surface area contributed by atoms with E-state index in [-0.39, 0.29) is 22.7 Å². The molecule has 0 saturated heterocycles. The molecule has 52 heavy (non-hydrogen) atoms. The van der Waals surface area contributed by atoms with Crippen molar-refractivity contribution in [3.63, 3.8) is 0 Å². The van der Waals surface area contributed by atoms with Gasteiger partial charge in [0.25, 0.3) is 5.95 Å². The fourth-order valence-electron chi connectivity index (χ4n) is 5.15. The van der Waals surface area contributed by atoms with Crippen LogP contribution in [0.5, 0.6) is 5.95 Å². The van der Waals surface area contributed by atoms with E-state index >= 15 is 0 Å². The van der Waals surface area contributed by atoms with E-state index < -0.39 is 17.6 Å². The highest BCUT2D eigenvalue weighted by molar-refractivity contribution is 9.10. The number of carboxylic acids is 2. The zero-order valence-corrected chi connectivity index (χ0v) is 28.8. The van der Waals surface area contributed by atoms with Crippen molar-refractivity contribution in [2.75, 3.05) is 0 Å². The first-order chi connectivity index (χ1) is 24.9. The standard InChI is InChI=1S/C19H12O5.C10H7BrO2.C9H6BO5/c1-10-2-3-11-8-14(19(22)24-16(11)6-10)17-9-13-7-12(18(20)21)4-5-15(13)23-17;1-6-2-3-7-5-8(11)10(12)13-9(7)4-6;11-9(12)5-1-2-7-6(3-5)4-8(14-7)15-10-13/h2-9H,1H3,(H,20,21);2-5H,1H3;1-4,13H,(H,11,12). The van der Waals surface area contributed by atoms with E-state index in [9.17, 15) is 19.2 Å². The molecule has 1 radical (unpaired) electrons. The summed E-state index contributed by atoms with van der Waals surface area (Å²) in [7, 11) is 0.496. The fraction of sp³-hybridized carbons (Fsp3) is 0.0526. The van der Waals surface area contributed by atoms with Crippen LogP contribution in [0.2, 0.25) is 0 Å². The number of carbonyl (C=O) groups is 2. The molecule has 0 aliphatic rings. The SMILES string of the molecule is Cc1ccc2cc(-c3cc4cc(C(=O)O)ccc4o3)c(=O)oc2c1.Cc1ccc2cc(Br)c(=O)oc2c1.O=C(O)c1ccc2oc(O[B]O)cc2c1. The van der Waals surface area contributed by atoms with Crippen molar-refractivity contribution in [3.05, 3.63) is 145 Å². The quantitative estimate of drug-likeness (QED) is 0.113. The van der Waals surface area contributed by atoms with Crippen LogP contribution in [0.3, 0.4) is 0 Å². The summed E-state index contributed by atoms with van der Waals surface area (Å²) in [5.41, 5.74) is 4.06. The fourth-order valence-corrected chi connectivity index (χ4v) is 5.48. The molecular weight excluding hydrogens is 739 g/mol. The van der Waals surface area contributed by atoms with Crippen molar-refractivity contribution in [2.45, 2.75) is 13.8 Å².